The molecule has 0 bridgehead atoms. The Hall–Kier alpha value is -3.02. The molecule has 0 amide bonds. The standard InChI is InChI=1S/C18H15F6N3O3/c1-9-12(25-5-4-15(9)29-8-17(19,20)21)7-14(28)16-26-11-3-2-10(6-13(11)27-16)30-18(22,23)24/h2-6,14,28H,7-8H2,1H3,(H,26,27). The molecule has 2 N–H and O–H groups in total. The molecule has 3 rings (SSSR count). The number of halogens is 6. The fourth-order valence-electron chi connectivity index (χ4n) is 2.72. The number of aliphatic hydroxyl groups is 1. The predicted molar refractivity (Wildman–Crippen MR) is 92.0 cm³/mol. The van der Waals surface area contributed by atoms with Gasteiger partial charge in [0.25, 0.3) is 0 Å². The zero-order chi connectivity index (χ0) is 22.1. The molecule has 0 saturated heterocycles. The predicted octanol–water partition coefficient (Wildman–Crippen LogP) is 4.38. The number of rotatable bonds is 6. The van der Waals surface area contributed by atoms with E-state index in [2.05, 4.69) is 19.7 Å². The molecule has 0 radical (unpaired) electrons. The number of aromatic amines is 1. The molecule has 1 aromatic carbocycles. The van der Waals surface area contributed by atoms with Crippen molar-refractivity contribution in [1.82, 2.24) is 15.0 Å². The normalized spacial score (nSPS) is 13.5. The first-order chi connectivity index (χ1) is 13.9. The minimum absolute atomic E-state index is 0.0249. The zero-order valence-electron chi connectivity index (χ0n) is 15.3. The van der Waals surface area contributed by atoms with Gasteiger partial charge in [0.05, 0.1) is 11.0 Å². The number of benzene rings is 1. The van der Waals surface area contributed by atoms with Crippen LogP contribution in [0.1, 0.15) is 23.2 Å². The monoisotopic (exact) mass is 435 g/mol. The van der Waals surface area contributed by atoms with Gasteiger partial charge in [0, 0.05) is 29.9 Å². The minimum Gasteiger partial charge on any atom is -0.484 e. The summed E-state index contributed by atoms with van der Waals surface area (Å²) in [6.07, 6.45) is -9.45. The van der Waals surface area contributed by atoms with Gasteiger partial charge in [0.15, 0.2) is 6.61 Å². The van der Waals surface area contributed by atoms with Crippen LogP contribution in [-0.2, 0) is 6.42 Å². The van der Waals surface area contributed by atoms with E-state index in [0.29, 0.717) is 11.1 Å². The molecule has 0 saturated carbocycles. The molecular weight excluding hydrogens is 420 g/mol. The maximum Gasteiger partial charge on any atom is 0.573 e. The molecule has 0 spiro atoms. The van der Waals surface area contributed by atoms with Gasteiger partial charge in [-0.3, -0.25) is 4.98 Å². The van der Waals surface area contributed by atoms with Crippen LogP contribution in [-0.4, -0.2) is 39.2 Å². The van der Waals surface area contributed by atoms with E-state index < -0.39 is 31.0 Å². The van der Waals surface area contributed by atoms with E-state index in [1.54, 1.807) is 0 Å². The quantitative estimate of drug-likeness (QED) is 0.562. The molecule has 3 aromatic rings. The number of aliphatic hydroxyl groups excluding tert-OH is 1. The van der Waals surface area contributed by atoms with Gasteiger partial charge in [-0.25, -0.2) is 4.98 Å². The Labute approximate surface area is 165 Å². The van der Waals surface area contributed by atoms with Crippen molar-refractivity contribution in [2.45, 2.75) is 32.0 Å². The highest BCUT2D eigenvalue weighted by atomic mass is 19.4. The van der Waals surface area contributed by atoms with Crippen molar-refractivity contribution < 1.29 is 40.9 Å². The van der Waals surface area contributed by atoms with E-state index in [4.69, 9.17) is 4.74 Å². The molecule has 12 heteroatoms. The number of hydrogen-bond donors (Lipinski definition) is 2. The second kappa shape index (κ2) is 8.01. The van der Waals surface area contributed by atoms with Gasteiger partial charge in [0.1, 0.15) is 23.4 Å². The average molecular weight is 435 g/mol. The smallest absolute Gasteiger partial charge is 0.484 e. The average Bonchev–Trinajstić information content (AvgIpc) is 3.03. The van der Waals surface area contributed by atoms with E-state index in [1.165, 1.54) is 25.3 Å². The number of alkyl halides is 6. The van der Waals surface area contributed by atoms with Crippen molar-refractivity contribution in [2.75, 3.05) is 6.61 Å². The van der Waals surface area contributed by atoms with Crippen molar-refractivity contribution >= 4 is 11.0 Å². The van der Waals surface area contributed by atoms with Crippen LogP contribution < -0.4 is 9.47 Å². The van der Waals surface area contributed by atoms with Gasteiger partial charge in [-0.1, -0.05) is 0 Å². The Balaban J connectivity index is 1.77. The lowest BCUT2D eigenvalue weighted by molar-refractivity contribution is -0.274. The zero-order valence-corrected chi connectivity index (χ0v) is 15.3. The van der Waals surface area contributed by atoms with Crippen LogP contribution in [0, 0.1) is 6.92 Å². The first kappa shape index (κ1) is 21.7. The molecular formula is C18H15F6N3O3. The summed E-state index contributed by atoms with van der Waals surface area (Å²) in [5.41, 5.74) is 1.10. The number of nitrogens with one attached hydrogen (secondary N) is 1. The number of nitrogens with zero attached hydrogens (tertiary/aromatic N) is 2. The molecule has 1 unspecified atom stereocenters. The van der Waals surface area contributed by atoms with Crippen molar-refractivity contribution in [3.05, 3.63) is 47.5 Å². The molecule has 162 valence electrons. The highest BCUT2D eigenvalue weighted by Crippen LogP contribution is 2.28. The second-order valence-electron chi connectivity index (χ2n) is 6.35. The van der Waals surface area contributed by atoms with Crippen molar-refractivity contribution in [2.24, 2.45) is 0 Å². The fraction of sp³-hybridized carbons (Fsp3) is 0.333. The summed E-state index contributed by atoms with van der Waals surface area (Å²) in [6, 6.07) is 4.74. The maximum absolute atomic E-state index is 12.4. The second-order valence-corrected chi connectivity index (χ2v) is 6.35. The van der Waals surface area contributed by atoms with Crippen molar-refractivity contribution in [3.63, 3.8) is 0 Å². The van der Waals surface area contributed by atoms with Gasteiger partial charge in [0.2, 0.25) is 0 Å². The van der Waals surface area contributed by atoms with E-state index in [0.717, 1.165) is 12.1 Å². The molecule has 0 aliphatic carbocycles. The Morgan fingerprint density at radius 3 is 2.53 bits per heavy atom. The molecule has 6 nitrogen and oxygen atoms in total. The lowest BCUT2D eigenvalue weighted by atomic mass is 10.1. The van der Waals surface area contributed by atoms with E-state index in [9.17, 15) is 31.4 Å². The van der Waals surface area contributed by atoms with Gasteiger partial charge in [-0.05, 0) is 25.1 Å². The summed E-state index contributed by atoms with van der Waals surface area (Å²) in [4.78, 5) is 10.9. The number of imidazole rings is 1. The summed E-state index contributed by atoms with van der Waals surface area (Å²) in [6.45, 7) is 0.0336. The number of ether oxygens (including phenoxy) is 2. The van der Waals surface area contributed by atoms with Gasteiger partial charge >= 0.3 is 12.5 Å². The molecule has 2 aromatic heterocycles. The Kier molecular flexibility index (Phi) is 5.79. The van der Waals surface area contributed by atoms with Crippen LogP contribution in [0.2, 0.25) is 0 Å². The number of aromatic nitrogens is 3. The van der Waals surface area contributed by atoms with Gasteiger partial charge < -0.3 is 19.6 Å². The Bertz CT molecular complexity index is 1030. The molecule has 30 heavy (non-hydrogen) atoms. The van der Waals surface area contributed by atoms with Crippen LogP contribution in [0.3, 0.4) is 0 Å². The number of H-pyrrole nitrogens is 1. The van der Waals surface area contributed by atoms with Gasteiger partial charge in [-0.2, -0.15) is 13.2 Å². The third kappa shape index (κ3) is 5.53. The van der Waals surface area contributed by atoms with E-state index in [1.807, 2.05) is 0 Å². The third-order valence-corrected chi connectivity index (χ3v) is 4.06. The first-order valence-corrected chi connectivity index (χ1v) is 8.49. The van der Waals surface area contributed by atoms with E-state index >= 15 is 0 Å². The van der Waals surface area contributed by atoms with Crippen molar-refractivity contribution in [1.29, 1.82) is 0 Å². The molecule has 0 aliphatic rings. The highest BCUT2D eigenvalue weighted by Gasteiger charge is 2.31. The largest absolute Gasteiger partial charge is 0.573 e. The maximum atomic E-state index is 12.4. The molecule has 0 fully saturated rings. The molecule has 0 aliphatic heterocycles. The van der Waals surface area contributed by atoms with Crippen LogP contribution >= 0.6 is 0 Å². The van der Waals surface area contributed by atoms with Crippen molar-refractivity contribution in [3.8, 4) is 11.5 Å². The topological polar surface area (TPSA) is 80.3 Å². The number of hydrogen-bond acceptors (Lipinski definition) is 5. The SMILES string of the molecule is Cc1c(OCC(F)(F)F)ccnc1CC(O)c1nc2ccc(OC(F)(F)F)cc2[nH]1. The lowest BCUT2D eigenvalue weighted by Crippen LogP contribution is -2.20. The van der Waals surface area contributed by atoms with Crippen LogP contribution in [0.15, 0.2) is 30.5 Å². The third-order valence-electron chi connectivity index (χ3n) is 4.06. The number of fused-ring (bicyclic) bond motifs is 1. The van der Waals surface area contributed by atoms with E-state index in [-0.39, 0.29) is 29.2 Å². The van der Waals surface area contributed by atoms with Crippen LogP contribution in [0.25, 0.3) is 11.0 Å². The summed E-state index contributed by atoms with van der Waals surface area (Å²) >= 11 is 0. The summed E-state index contributed by atoms with van der Waals surface area (Å²) in [5, 5.41) is 10.4. The van der Waals surface area contributed by atoms with Crippen LogP contribution in [0.5, 0.6) is 11.5 Å². The summed E-state index contributed by atoms with van der Waals surface area (Å²) < 4.78 is 82.7. The lowest BCUT2D eigenvalue weighted by Gasteiger charge is -2.14. The Morgan fingerprint density at radius 1 is 1.13 bits per heavy atom. The first-order valence-electron chi connectivity index (χ1n) is 8.49. The minimum atomic E-state index is -4.85. The molecule has 1 atom stereocenters. The van der Waals surface area contributed by atoms with Crippen LogP contribution in [0.4, 0.5) is 26.3 Å². The Morgan fingerprint density at radius 2 is 1.87 bits per heavy atom. The fourth-order valence-corrected chi connectivity index (χ4v) is 2.72. The summed E-state index contributed by atoms with van der Waals surface area (Å²) in [5.74, 6) is -0.424. The molecule has 2 heterocycles. The number of pyridine rings is 1. The summed E-state index contributed by atoms with van der Waals surface area (Å²) in [7, 11) is 0. The van der Waals surface area contributed by atoms with Gasteiger partial charge in [-0.15, -0.1) is 13.2 Å². The highest BCUT2D eigenvalue weighted by molar-refractivity contribution is 5.76.